The largest absolute Gasteiger partial charge is 0.494 e. The zero-order valence-electron chi connectivity index (χ0n) is 15.2. The number of fused-ring (bicyclic) bond motifs is 1. The summed E-state index contributed by atoms with van der Waals surface area (Å²) in [7, 11) is -0.353. The fourth-order valence-electron chi connectivity index (χ4n) is 3.20. The van der Waals surface area contributed by atoms with Crippen molar-refractivity contribution in [3.63, 3.8) is 0 Å². The van der Waals surface area contributed by atoms with E-state index < -0.39 is 5.54 Å². The summed E-state index contributed by atoms with van der Waals surface area (Å²) in [6.45, 7) is 13.8. The summed E-state index contributed by atoms with van der Waals surface area (Å²) in [5.41, 5.74) is 10.0. The number of nitrogens with two attached hydrogens (primary N) is 1. The highest BCUT2D eigenvalue weighted by atomic mass is 16.7. The van der Waals surface area contributed by atoms with Gasteiger partial charge in [0, 0.05) is 5.54 Å². The van der Waals surface area contributed by atoms with Crippen LogP contribution in [0.2, 0.25) is 0 Å². The number of hydrogen-bond acceptors (Lipinski definition) is 4. The van der Waals surface area contributed by atoms with Crippen LogP contribution >= 0.6 is 0 Å². The lowest BCUT2D eigenvalue weighted by molar-refractivity contribution is 0.00578. The molecular weight excluding hydrogens is 289 g/mol. The van der Waals surface area contributed by atoms with Gasteiger partial charge in [0.1, 0.15) is 0 Å². The molecule has 0 aliphatic carbocycles. The fourth-order valence-corrected chi connectivity index (χ4v) is 3.20. The molecule has 1 aromatic carbocycles. The minimum Gasteiger partial charge on any atom is -0.399 e. The van der Waals surface area contributed by atoms with Crippen LogP contribution in [0.3, 0.4) is 0 Å². The van der Waals surface area contributed by atoms with Gasteiger partial charge in [0.2, 0.25) is 0 Å². The molecule has 0 bridgehead atoms. The Morgan fingerprint density at radius 3 is 2.26 bits per heavy atom. The third-order valence-corrected chi connectivity index (χ3v) is 5.35. The highest BCUT2D eigenvalue weighted by Crippen LogP contribution is 2.37. The van der Waals surface area contributed by atoms with E-state index in [1.165, 1.54) is 11.1 Å². The predicted molar refractivity (Wildman–Crippen MR) is 92.7 cm³/mol. The summed E-state index contributed by atoms with van der Waals surface area (Å²) in [4.78, 5) is 0. The summed E-state index contributed by atoms with van der Waals surface area (Å²) in [6.07, 6.45) is 0.908. The zero-order valence-corrected chi connectivity index (χ0v) is 15.2. The summed E-state index contributed by atoms with van der Waals surface area (Å²) in [6, 6.07) is 4.34. The molecule has 3 rings (SSSR count). The third-order valence-electron chi connectivity index (χ3n) is 5.35. The summed E-state index contributed by atoms with van der Waals surface area (Å²) < 4.78 is 18.1. The van der Waals surface area contributed by atoms with Gasteiger partial charge < -0.3 is 19.8 Å². The normalized spacial score (nSPS) is 23.0. The molecule has 1 fully saturated rings. The van der Waals surface area contributed by atoms with E-state index in [0.717, 1.165) is 24.1 Å². The first-order valence-corrected chi connectivity index (χ1v) is 8.40. The average molecular weight is 317 g/mol. The highest BCUT2D eigenvalue weighted by Gasteiger charge is 2.52. The van der Waals surface area contributed by atoms with E-state index in [4.69, 9.17) is 19.8 Å². The first-order valence-electron chi connectivity index (χ1n) is 8.40. The second kappa shape index (κ2) is 5.31. The maximum Gasteiger partial charge on any atom is 0.494 e. The van der Waals surface area contributed by atoms with Crippen molar-refractivity contribution in [1.82, 2.24) is 0 Å². The Hall–Kier alpha value is -0.875. The molecule has 2 N–H and O–H groups in total. The van der Waals surface area contributed by atoms with Crippen LogP contribution in [-0.4, -0.2) is 24.9 Å². The second-order valence-corrected chi connectivity index (χ2v) is 8.32. The predicted octanol–water partition coefficient (Wildman–Crippen LogP) is 2.25. The standard InChI is InChI=1S/C18H28BNO3/c1-16(2,20)15-10-13(9-12-7-8-21-11-14(12)15)19-22-17(3,4)18(5,6)23-19/h9-10H,7-8,11,20H2,1-6H3. The van der Waals surface area contributed by atoms with E-state index in [-0.39, 0.29) is 18.3 Å². The van der Waals surface area contributed by atoms with E-state index in [0.29, 0.717) is 6.61 Å². The van der Waals surface area contributed by atoms with Crippen LogP contribution in [-0.2, 0) is 32.6 Å². The van der Waals surface area contributed by atoms with Crippen molar-refractivity contribution in [2.75, 3.05) is 6.61 Å². The fraction of sp³-hybridized carbons (Fsp3) is 0.667. The SMILES string of the molecule is CC(C)(N)c1cc(B2OC(C)(C)C(C)(C)O2)cc2c1COCC2. The minimum absolute atomic E-state index is 0.338. The third kappa shape index (κ3) is 2.96. The smallest absolute Gasteiger partial charge is 0.399 e. The molecular formula is C18H28BNO3. The van der Waals surface area contributed by atoms with Gasteiger partial charge in [-0.15, -0.1) is 0 Å². The zero-order chi connectivity index (χ0) is 17.0. The Kier molecular flexibility index (Phi) is 3.92. The Bertz CT molecular complexity index is 603. The molecule has 0 saturated carbocycles. The van der Waals surface area contributed by atoms with Crippen LogP contribution in [0.1, 0.15) is 58.2 Å². The summed E-state index contributed by atoms with van der Waals surface area (Å²) in [5, 5.41) is 0. The molecule has 0 aromatic heterocycles. The maximum absolute atomic E-state index is 6.42. The second-order valence-electron chi connectivity index (χ2n) is 8.32. The number of hydrogen-bond donors (Lipinski definition) is 1. The lowest BCUT2D eigenvalue weighted by atomic mass is 9.73. The van der Waals surface area contributed by atoms with E-state index in [1.54, 1.807) is 0 Å². The molecule has 1 saturated heterocycles. The lowest BCUT2D eigenvalue weighted by Crippen LogP contribution is -2.41. The molecule has 0 atom stereocenters. The molecule has 0 amide bonds. The van der Waals surface area contributed by atoms with Gasteiger partial charge in [0.15, 0.2) is 0 Å². The molecule has 23 heavy (non-hydrogen) atoms. The molecule has 0 radical (unpaired) electrons. The van der Waals surface area contributed by atoms with E-state index in [9.17, 15) is 0 Å². The molecule has 0 unspecified atom stereocenters. The molecule has 4 nitrogen and oxygen atoms in total. The molecule has 126 valence electrons. The number of rotatable bonds is 2. The van der Waals surface area contributed by atoms with Gasteiger partial charge in [0.05, 0.1) is 24.4 Å². The number of benzene rings is 1. The van der Waals surface area contributed by atoms with Gasteiger partial charge in [-0.05, 0) is 70.1 Å². The molecule has 2 aliphatic heterocycles. The van der Waals surface area contributed by atoms with Gasteiger partial charge in [-0.2, -0.15) is 0 Å². The Labute approximate surface area is 139 Å². The Morgan fingerprint density at radius 1 is 1.09 bits per heavy atom. The molecule has 2 aliphatic rings. The van der Waals surface area contributed by atoms with Gasteiger partial charge in [-0.3, -0.25) is 0 Å². The average Bonchev–Trinajstić information content (AvgIpc) is 2.65. The monoisotopic (exact) mass is 317 g/mol. The van der Waals surface area contributed by atoms with Crippen molar-refractivity contribution in [1.29, 1.82) is 0 Å². The van der Waals surface area contributed by atoms with Gasteiger partial charge in [-0.25, -0.2) is 0 Å². The summed E-state index contributed by atoms with van der Waals surface area (Å²) >= 11 is 0. The van der Waals surface area contributed by atoms with Crippen molar-refractivity contribution in [3.8, 4) is 0 Å². The maximum atomic E-state index is 6.42. The van der Waals surface area contributed by atoms with Crippen molar-refractivity contribution in [3.05, 3.63) is 28.8 Å². The van der Waals surface area contributed by atoms with Crippen LogP contribution in [0.15, 0.2) is 12.1 Å². The van der Waals surface area contributed by atoms with Gasteiger partial charge in [-0.1, -0.05) is 12.1 Å². The quantitative estimate of drug-likeness (QED) is 0.850. The van der Waals surface area contributed by atoms with Gasteiger partial charge in [0.25, 0.3) is 0 Å². The first-order chi connectivity index (χ1) is 10.5. The van der Waals surface area contributed by atoms with Crippen molar-refractivity contribution >= 4 is 12.6 Å². The molecule has 5 heteroatoms. The number of ether oxygens (including phenoxy) is 1. The lowest BCUT2D eigenvalue weighted by Gasteiger charge is -2.32. The van der Waals surface area contributed by atoms with Crippen LogP contribution in [0.25, 0.3) is 0 Å². The van der Waals surface area contributed by atoms with Crippen LogP contribution in [0.4, 0.5) is 0 Å². The summed E-state index contributed by atoms with van der Waals surface area (Å²) in [5.74, 6) is 0. The molecule has 0 spiro atoms. The van der Waals surface area contributed by atoms with Gasteiger partial charge >= 0.3 is 7.12 Å². The van der Waals surface area contributed by atoms with Crippen LogP contribution < -0.4 is 11.2 Å². The molecule has 2 heterocycles. The van der Waals surface area contributed by atoms with E-state index >= 15 is 0 Å². The molecule has 1 aromatic rings. The minimum atomic E-state index is -0.426. The Morgan fingerprint density at radius 2 is 1.70 bits per heavy atom. The van der Waals surface area contributed by atoms with Crippen molar-refractivity contribution < 1.29 is 14.0 Å². The van der Waals surface area contributed by atoms with E-state index in [2.05, 4.69) is 39.8 Å². The van der Waals surface area contributed by atoms with Crippen LogP contribution in [0, 0.1) is 0 Å². The van der Waals surface area contributed by atoms with Crippen molar-refractivity contribution in [2.24, 2.45) is 5.73 Å². The topological polar surface area (TPSA) is 53.7 Å². The first kappa shape index (κ1) is 17.0. The van der Waals surface area contributed by atoms with E-state index in [1.807, 2.05) is 13.8 Å². The van der Waals surface area contributed by atoms with Crippen molar-refractivity contribution in [2.45, 2.75) is 71.3 Å². The van der Waals surface area contributed by atoms with Crippen LogP contribution in [0.5, 0.6) is 0 Å². The Balaban J connectivity index is 2.05. The highest BCUT2D eigenvalue weighted by molar-refractivity contribution is 6.62.